The largest absolute Gasteiger partial charge is 0.348 e. The van der Waals surface area contributed by atoms with Gasteiger partial charge in [0.15, 0.2) is 0 Å². The van der Waals surface area contributed by atoms with Gasteiger partial charge in [0, 0.05) is 31.2 Å². The number of nitrogens with one attached hydrogen (secondary N) is 1. The fourth-order valence-corrected chi connectivity index (χ4v) is 6.80. The molecule has 1 atom stereocenters. The van der Waals surface area contributed by atoms with Crippen LogP contribution < -0.4 is 9.62 Å². The van der Waals surface area contributed by atoms with E-state index < -0.39 is 26.0 Å². The molecular weight excluding hydrogens is 450 g/mol. The van der Waals surface area contributed by atoms with Gasteiger partial charge in [-0.15, -0.1) is 0 Å². The van der Waals surface area contributed by atoms with Gasteiger partial charge in [-0.05, 0) is 55.5 Å². The standard InChI is InChI=1S/C22H27N3O5S2/c1-31(27,28)24-13-6-10-19(16-24)23-22(26)18-8-4-11-20(15-18)32(29,30)25-14-5-9-17-7-2-3-12-21(17)25/h2-4,7-8,11-12,15,19H,5-6,9-10,13-14,16H2,1H3,(H,23,26). The molecule has 172 valence electrons. The van der Waals surface area contributed by atoms with Crippen LogP contribution in [0.3, 0.4) is 0 Å². The molecule has 2 aromatic carbocycles. The first-order valence-corrected chi connectivity index (χ1v) is 13.9. The number of piperidine rings is 1. The van der Waals surface area contributed by atoms with Crippen molar-refractivity contribution in [2.24, 2.45) is 0 Å². The third kappa shape index (κ3) is 4.67. The third-order valence-electron chi connectivity index (χ3n) is 5.94. The van der Waals surface area contributed by atoms with Crippen LogP contribution in [0, 0.1) is 0 Å². The number of sulfonamides is 2. The number of hydrogen-bond donors (Lipinski definition) is 1. The van der Waals surface area contributed by atoms with Gasteiger partial charge in [0.1, 0.15) is 0 Å². The highest BCUT2D eigenvalue weighted by Gasteiger charge is 2.30. The minimum absolute atomic E-state index is 0.0586. The zero-order chi connectivity index (χ0) is 22.9. The summed E-state index contributed by atoms with van der Waals surface area (Å²) in [6, 6.07) is 13.1. The molecule has 1 saturated heterocycles. The average molecular weight is 478 g/mol. The van der Waals surface area contributed by atoms with Gasteiger partial charge in [-0.1, -0.05) is 24.3 Å². The number of nitrogens with zero attached hydrogens (tertiary/aromatic N) is 2. The second-order valence-electron chi connectivity index (χ2n) is 8.27. The van der Waals surface area contributed by atoms with E-state index in [9.17, 15) is 21.6 Å². The van der Waals surface area contributed by atoms with Crippen molar-refractivity contribution in [1.29, 1.82) is 0 Å². The van der Waals surface area contributed by atoms with E-state index in [1.807, 2.05) is 18.2 Å². The minimum Gasteiger partial charge on any atom is -0.348 e. The van der Waals surface area contributed by atoms with E-state index in [4.69, 9.17) is 0 Å². The summed E-state index contributed by atoms with van der Waals surface area (Å²) in [7, 11) is -7.15. The van der Waals surface area contributed by atoms with Crippen molar-refractivity contribution in [3.8, 4) is 0 Å². The quantitative estimate of drug-likeness (QED) is 0.709. The van der Waals surface area contributed by atoms with Crippen LogP contribution in [0.1, 0.15) is 35.2 Å². The highest BCUT2D eigenvalue weighted by atomic mass is 32.2. The molecule has 0 aliphatic carbocycles. The highest BCUT2D eigenvalue weighted by Crippen LogP contribution is 2.32. The number of carbonyl (C=O) groups is 1. The number of aryl methyl sites for hydroxylation is 1. The molecule has 2 aliphatic heterocycles. The normalized spacial score (nSPS) is 19.9. The fraction of sp³-hybridized carbons (Fsp3) is 0.409. The predicted octanol–water partition coefficient (Wildman–Crippen LogP) is 1.98. The van der Waals surface area contributed by atoms with Gasteiger partial charge in [-0.25, -0.2) is 21.1 Å². The molecule has 1 unspecified atom stereocenters. The monoisotopic (exact) mass is 477 g/mol. The summed E-state index contributed by atoms with van der Waals surface area (Å²) in [4.78, 5) is 12.9. The maximum Gasteiger partial charge on any atom is 0.264 e. The van der Waals surface area contributed by atoms with Crippen LogP contribution in [0.2, 0.25) is 0 Å². The fourth-order valence-electron chi connectivity index (χ4n) is 4.30. The number of fused-ring (bicyclic) bond motifs is 1. The van der Waals surface area contributed by atoms with Crippen LogP contribution in [-0.4, -0.2) is 59.0 Å². The Morgan fingerprint density at radius 3 is 2.56 bits per heavy atom. The molecule has 1 amide bonds. The first-order valence-electron chi connectivity index (χ1n) is 10.6. The van der Waals surface area contributed by atoms with E-state index in [1.54, 1.807) is 18.2 Å². The van der Waals surface area contributed by atoms with E-state index >= 15 is 0 Å². The molecule has 1 fully saturated rings. The summed E-state index contributed by atoms with van der Waals surface area (Å²) in [6.07, 6.45) is 4.04. The molecule has 32 heavy (non-hydrogen) atoms. The first kappa shape index (κ1) is 22.8. The van der Waals surface area contributed by atoms with Crippen LogP contribution in [0.25, 0.3) is 0 Å². The van der Waals surface area contributed by atoms with Crippen molar-refractivity contribution >= 4 is 31.6 Å². The molecule has 0 radical (unpaired) electrons. The summed E-state index contributed by atoms with van der Waals surface area (Å²) in [5.41, 5.74) is 1.90. The molecule has 0 spiro atoms. The van der Waals surface area contributed by atoms with E-state index in [-0.39, 0.29) is 23.0 Å². The van der Waals surface area contributed by atoms with Crippen molar-refractivity contribution in [3.05, 3.63) is 59.7 Å². The summed E-state index contributed by atoms with van der Waals surface area (Å²) in [5.74, 6) is -0.415. The van der Waals surface area contributed by atoms with Crippen LogP contribution in [0.5, 0.6) is 0 Å². The van der Waals surface area contributed by atoms with Crippen LogP contribution in [0.4, 0.5) is 5.69 Å². The van der Waals surface area contributed by atoms with Gasteiger partial charge >= 0.3 is 0 Å². The van der Waals surface area contributed by atoms with Crippen LogP contribution in [0.15, 0.2) is 53.4 Å². The Hall–Kier alpha value is -2.43. The van der Waals surface area contributed by atoms with Crippen molar-refractivity contribution in [2.45, 2.75) is 36.6 Å². The summed E-state index contributed by atoms with van der Waals surface area (Å²) in [5, 5.41) is 2.86. The smallest absolute Gasteiger partial charge is 0.264 e. The summed E-state index contributed by atoms with van der Waals surface area (Å²) >= 11 is 0. The Labute approximate surface area is 189 Å². The maximum absolute atomic E-state index is 13.4. The number of anilines is 1. The third-order valence-corrected chi connectivity index (χ3v) is 9.02. The number of carbonyl (C=O) groups excluding carboxylic acids is 1. The Bertz CT molecular complexity index is 1230. The second-order valence-corrected chi connectivity index (χ2v) is 12.1. The highest BCUT2D eigenvalue weighted by molar-refractivity contribution is 7.92. The molecule has 0 bridgehead atoms. The van der Waals surface area contributed by atoms with Gasteiger partial charge in [-0.2, -0.15) is 0 Å². The molecule has 2 heterocycles. The molecule has 2 aliphatic rings. The molecule has 0 aromatic heterocycles. The first-order chi connectivity index (χ1) is 15.2. The van der Waals surface area contributed by atoms with E-state index in [0.29, 0.717) is 31.6 Å². The predicted molar refractivity (Wildman–Crippen MR) is 123 cm³/mol. The van der Waals surface area contributed by atoms with Crippen molar-refractivity contribution in [2.75, 3.05) is 30.2 Å². The van der Waals surface area contributed by atoms with Crippen LogP contribution in [-0.2, 0) is 26.5 Å². The van der Waals surface area contributed by atoms with Gasteiger partial charge in [0.05, 0.1) is 16.8 Å². The molecule has 2 aromatic rings. The topological polar surface area (TPSA) is 104 Å². The van der Waals surface area contributed by atoms with Crippen molar-refractivity contribution in [3.63, 3.8) is 0 Å². The Morgan fingerprint density at radius 2 is 1.78 bits per heavy atom. The molecule has 0 saturated carbocycles. The maximum atomic E-state index is 13.4. The molecule has 4 rings (SSSR count). The Balaban J connectivity index is 1.54. The molecule has 1 N–H and O–H groups in total. The van der Waals surface area contributed by atoms with Crippen LogP contribution >= 0.6 is 0 Å². The molecule has 10 heteroatoms. The molecule has 8 nitrogen and oxygen atoms in total. The van der Waals surface area contributed by atoms with Gasteiger partial charge < -0.3 is 5.32 Å². The average Bonchev–Trinajstić information content (AvgIpc) is 2.78. The van der Waals surface area contributed by atoms with Crippen molar-refractivity contribution in [1.82, 2.24) is 9.62 Å². The van der Waals surface area contributed by atoms with Crippen molar-refractivity contribution < 1.29 is 21.6 Å². The number of amides is 1. The van der Waals surface area contributed by atoms with Gasteiger partial charge in [0.25, 0.3) is 15.9 Å². The second kappa shape index (κ2) is 8.84. The van der Waals surface area contributed by atoms with E-state index in [2.05, 4.69) is 5.32 Å². The zero-order valence-electron chi connectivity index (χ0n) is 17.9. The molecular formula is C22H27N3O5S2. The Morgan fingerprint density at radius 1 is 1.00 bits per heavy atom. The lowest BCUT2D eigenvalue weighted by molar-refractivity contribution is 0.0921. The van der Waals surface area contributed by atoms with E-state index in [0.717, 1.165) is 24.7 Å². The SMILES string of the molecule is CS(=O)(=O)N1CCCC(NC(=O)c2cccc(S(=O)(=O)N3CCCc4ccccc43)c2)C1. The lowest BCUT2D eigenvalue weighted by atomic mass is 10.0. The van der Waals surface area contributed by atoms with Gasteiger partial charge in [0.2, 0.25) is 10.0 Å². The lowest BCUT2D eigenvalue weighted by Crippen LogP contribution is -2.49. The summed E-state index contributed by atoms with van der Waals surface area (Å²) in [6.45, 7) is 1.04. The zero-order valence-corrected chi connectivity index (χ0v) is 19.5. The minimum atomic E-state index is -3.83. The van der Waals surface area contributed by atoms with Gasteiger partial charge in [-0.3, -0.25) is 9.10 Å². The Kier molecular flexibility index (Phi) is 6.28. The van der Waals surface area contributed by atoms with E-state index in [1.165, 1.54) is 20.7 Å². The number of benzene rings is 2. The summed E-state index contributed by atoms with van der Waals surface area (Å²) < 4.78 is 53.2. The number of hydrogen-bond acceptors (Lipinski definition) is 5. The number of para-hydroxylation sites is 1. The number of rotatable bonds is 5. The lowest BCUT2D eigenvalue weighted by Gasteiger charge is -2.31.